The molecule has 1 amide bonds. The van der Waals surface area contributed by atoms with Crippen molar-refractivity contribution in [3.63, 3.8) is 0 Å². The molecule has 192 valence electrons. The number of rotatable bonds is 5. The van der Waals surface area contributed by atoms with Crippen molar-refractivity contribution in [2.24, 2.45) is 0 Å². The highest BCUT2D eigenvalue weighted by Crippen LogP contribution is 2.43. The van der Waals surface area contributed by atoms with Crippen LogP contribution in [-0.4, -0.2) is 48.1 Å². The van der Waals surface area contributed by atoms with Crippen LogP contribution in [0.2, 0.25) is 0 Å². The van der Waals surface area contributed by atoms with Crippen LogP contribution >= 0.6 is 0 Å². The van der Waals surface area contributed by atoms with E-state index in [1.807, 2.05) is 48.5 Å². The summed E-state index contributed by atoms with van der Waals surface area (Å²) in [5, 5.41) is 13.6. The average Bonchev–Trinajstić information content (AvgIpc) is 3.49. The summed E-state index contributed by atoms with van der Waals surface area (Å²) in [7, 11) is 1.61. The number of likely N-dealkylation sites (tertiary alicyclic amines) is 1. The van der Waals surface area contributed by atoms with Crippen LogP contribution in [0, 0.1) is 0 Å². The fourth-order valence-electron chi connectivity index (χ4n) is 5.49. The van der Waals surface area contributed by atoms with Gasteiger partial charge in [0.1, 0.15) is 11.5 Å². The number of ketones is 1. The smallest absolute Gasteiger partial charge is 0.295 e. The molecule has 0 bridgehead atoms. The molecule has 0 aromatic heterocycles. The van der Waals surface area contributed by atoms with Gasteiger partial charge in [-0.2, -0.15) is 0 Å². The number of amides is 1. The van der Waals surface area contributed by atoms with E-state index in [9.17, 15) is 14.7 Å². The number of carbonyl (C=O) groups is 2. The lowest BCUT2D eigenvalue weighted by Crippen LogP contribution is -2.36. The first-order valence-electron chi connectivity index (χ1n) is 12.8. The Hall–Kier alpha value is -3.64. The van der Waals surface area contributed by atoms with Gasteiger partial charge in [0.25, 0.3) is 11.7 Å². The number of hydrogen-bond acceptors (Lipinski definition) is 5. The van der Waals surface area contributed by atoms with E-state index in [0.29, 0.717) is 24.5 Å². The molecule has 2 fully saturated rings. The lowest BCUT2D eigenvalue weighted by Gasteiger charge is -2.28. The summed E-state index contributed by atoms with van der Waals surface area (Å²) in [5.41, 5.74) is 2.02. The molecule has 0 spiro atoms. The average molecular weight is 500 g/mol. The zero-order valence-corrected chi connectivity index (χ0v) is 21.8. The second kappa shape index (κ2) is 9.67. The van der Waals surface area contributed by atoms with Crippen LogP contribution in [0.15, 0.2) is 66.2 Å². The molecule has 3 aromatic rings. The van der Waals surface area contributed by atoms with Crippen molar-refractivity contribution in [3.8, 4) is 5.75 Å². The summed E-state index contributed by atoms with van der Waals surface area (Å²) < 4.78 is 11.4. The van der Waals surface area contributed by atoms with E-state index < -0.39 is 17.7 Å². The molecule has 0 radical (unpaired) electrons. The molecule has 2 unspecified atom stereocenters. The number of nitrogens with zero attached hydrogens (tertiary/aromatic N) is 1. The number of aliphatic hydroxyl groups excluding tert-OH is 1. The van der Waals surface area contributed by atoms with Crippen molar-refractivity contribution in [2.75, 3.05) is 20.3 Å². The van der Waals surface area contributed by atoms with Crippen LogP contribution in [0.5, 0.6) is 5.75 Å². The molecule has 3 aromatic carbocycles. The van der Waals surface area contributed by atoms with E-state index in [4.69, 9.17) is 9.47 Å². The third-order valence-corrected chi connectivity index (χ3v) is 7.36. The number of fused-ring (bicyclic) bond motifs is 1. The highest BCUT2D eigenvalue weighted by Gasteiger charge is 2.47. The molecule has 5 rings (SSSR count). The van der Waals surface area contributed by atoms with Crippen LogP contribution in [0.25, 0.3) is 16.5 Å². The minimum atomic E-state index is -0.726. The number of hydrogen-bond donors (Lipinski definition) is 1. The van der Waals surface area contributed by atoms with Gasteiger partial charge in [-0.25, -0.2) is 0 Å². The standard InChI is InChI=1S/C31H33NO5/c1-31(2,3)24-17-20(14-15-25(24)36-4)28(33)26-27(23-13-7-10-19-9-5-6-12-22(19)23)32(30(35)29(26)34)18-21-11-8-16-37-21/h5-7,9-10,12-15,17,21,27,33H,8,11,16,18H2,1-4H3/b28-26+. The summed E-state index contributed by atoms with van der Waals surface area (Å²) in [5.74, 6) is -0.770. The normalized spacial score (nSPS) is 21.7. The monoisotopic (exact) mass is 499 g/mol. The van der Waals surface area contributed by atoms with Gasteiger partial charge in [0.05, 0.1) is 24.8 Å². The van der Waals surface area contributed by atoms with Crippen molar-refractivity contribution in [2.45, 2.75) is 51.2 Å². The Morgan fingerprint density at radius 3 is 2.54 bits per heavy atom. The molecule has 1 N–H and O–H groups in total. The van der Waals surface area contributed by atoms with Gasteiger partial charge in [0.2, 0.25) is 0 Å². The maximum atomic E-state index is 13.6. The minimum absolute atomic E-state index is 0.101. The van der Waals surface area contributed by atoms with Gasteiger partial charge in [-0.05, 0) is 52.8 Å². The quantitative estimate of drug-likeness (QED) is 0.275. The molecule has 6 heteroatoms. The Morgan fingerprint density at radius 1 is 1.08 bits per heavy atom. The van der Waals surface area contributed by atoms with Crippen molar-refractivity contribution < 1.29 is 24.2 Å². The van der Waals surface area contributed by atoms with Gasteiger partial charge in [0, 0.05) is 24.3 Å². The lowest BCUT2D eigenvalue weighted by molar-refractivity contribution is -0.140. The summed E-state index contributed by atoms with van der Waals surface area (Å²) >= 11 is 0. The second-order valence-corrected chi connectivity index (χ2v) is 10.8. The van der Waals surface area contributed by atoms with Crippen LogP contribution < -0.4 is 4.74 Å². The Morgan fingerprint density at radius 2 is 1.84 bits per heavy atom. The molecule has 2 aliphatic heterocycles. The molecular formula is C31H33NO5. The first kappa shape index (κ1) is 25.0. The van der Waals surface area contributed by atoms with Crippen LogP contribution in [-0.2, 0) is 19.7 Å². The van der Waals surface area contributed by atoms with Gasteiger partial charge in [0.15, 0.2) is 0 Å². The van der Waals surface area contributed by atoms with Crippen molar-refractivity contribution in [1.82, 2.24) is 4.90 Å². The van der Waals surface area contributed by atoms with Gasteiger partial charge in [-0.15, -0.1) is 0 Å². The third-order valence-electron chi connectivity index (χ3n) is 7.36. The topological polar surface area (TPSA) is 76.1 Å². The van der Waals surface area contributed by atoms with E-state index in [2.05, 4.69) is 20.8 Å². The van der Waals surface area contributed by atoms with Gasteiger partial charge >= 0.3 is 0 Å². The Labute approximate surface area is 217 Å². The highest BCUT2D eigenvalue weighted by atomic mass is 16.5. The van der Waals surface area contributed by atoms with Crippen molar-refractivity contribution >= 4 is 28.2 Å². The maximum Gasteiger partial charge on any atom is 0.295 e. The number of Topliss-reactive ketones (excluding diaryl/α,β-unsaturated/α-hetero) is 1. The largest absolute Gasteiger partial charge is 0.507 e. The van der Waals surface area contributed by atoms with Gasteiger partial charge in [-0.1, -0.05) is 63.2 Å². The zero-order valence-electron chi connectivity index (χ0n) is 21.8. The van der Waals surface area contributed by atoms with Crippen LogP contribution in [0.3, 0.4) is 0 Å². The summed E-state index contributed by atoms with van der Waals surface area (Å²) in [6, 6.07) is 18.4. The molecule has 0 aliphatic carbocycles. The Kier molecular flexibility index (Phi) is 6.54. The first-order chi connectivity index (χ1) is 17.7. The number of aliphatic hydroxyl groups is 1. The molecule has 37 heavy (non-hydrogen) atoms. The lowest BCUT2D eigenvalue weighted by atomic mass is 9.84. The summed E-state index contributed by atoms with van der Waals surface area (Å²) in [4.78, 5) is 28.6. The molecular weight excluding hydrogens is 466 g/mol. The Balaban J connectivity index is 1.71. The molecule has 2 aliphatic rings. The van der Waals surface area contributed by atoms with E-state index in [1.165, 1.54) is 0 Å². The zero-order chi connectivity index (χ0) is 26.3. The predicted octanol–water partition coefficient (Wildman–Crippen LogP) is 5.75. The number of carbonyl (C=O) groups excluding carboxylic acids is 2. The SMILES string of the molecule is COc1ccc(/C(O)=C2\C(=O)C(=O)N(CC3CCCO3)C2c2cccc3ccccc23)cc1C(C)(C)C. The maximum absolute atomic E-state index is 13.6. The van der Waals surface area contributed by atoms with Crippen molar-refractivity contribution in [3.05, 3.63) is 82.9 Å². The summed E-state index contributed by atoms with van der Waals surface area (Å²) in [6.45, 7) is 7.13. The highest BCUT2D eigenvalue weighted by molar-refractivity contribution is 6.46. The van der Waals surface area contributed by atoms with E-state index >= 15 is 0 Å². The second-order valence-electron chi connectivity index (χ2n) is 10.8. The number of benzene rings is 3. The molecule has 6 nitrogen and oxygen atoms in total. The third kappa shape index (κ3) is 4.51. The van der Waals surface area contributed by atoms with Crippen LogP contribution in [0.4, 0.5) is 0 Å². The molecule has 2 saturated heterocycles. The molecule has 2 atom stereocenters. The van der Waals surface area contributed by atoms with Gasteiger partial charge in [-0.3, -0.25) is 9.59 Å². The molecule has 2 heterocycles. The van der Waals surface area contributed by atoms with E-state index in [1.54, 1.807) is 24.1 Å². The number of methoxy groups -OCH3 is 1. The fourth-order valence-corrected chi connectivity index (χ4v) is 5.49. The number of ether oxygens (including phenoxy) is 2. The van der Waals surface area contributed by atoms with E-state index in [0.717, 1.165) is 34.7 Å². The fraction of sp³-hybridized carbons (Fsp3) is 0.355. The van der Waals surface area contributed by atoms with Crippen molar-refractivity contribution in [1.29, 1.82) is 0 Å². The summed E-state index contributed by atoms with van der Waals surface area (Å²) in [6.07, 6.45) is 1.62. The minimum Gasteiger partial charge on any atom is -0.507 e. The first-order valence-corrected chi connectivity index (χ1v) is 12.8. The molecule has 0 saturated carbocycles. The van der Waals surface area contributed by atoms with Crippen LogP contribution in [0.1, 0.15) is 56.3 Å². The van der Waals surface area contributed by atoms with Gasteiger partial charge < -0.3 is 19.5 Å². The van der Waals surface area contributed by atoms with E-state index in [-0.39, 0.29) is 22.9 Å². The Bertz CT molecular complexity index is 1390. The predicted molar refractivity (Wildman–Crippen MR) is 144 cm³/mol.